The van der Waals surface area contributed by atoms with Crippen LogP contribution in [0.5, 0.6) is 0 Å². The summed E-state index contributed by atoms with van der Waals surface area (Å²) in [6, 6.07) is 19.1. The summed E-state index contributed by atoms with van der Waals surface area (Å²) in [6.45, 7) is 0.0505. The molecule has 0 aliphatic carbocycles. The van der Waals surface area contributed by atoms with Crippen molar-refractivity contribution in [1.29, 1.82) is 0 Å². The number of fused-ring (bicyclic) bond motifs is 1. The topological polar surface area (TPSA) is 98.0 Å². The Morgan fingerprint density at radius 1 is 1.03 bits per heavy atom. The zero-order chi connectivity index (χ0) is 20.2. The molecule has 0 radical (unpaired) electrons. The van der Waals surface area contributed by atoms with E-state index in [1.807, 2.05) is 30.3 Å². The molecule has 0 bridgehead atoms. The SMILES string of the molecule is O=C(NCc1ccccc1[N+](=O)[O-])c1cc(-c2cccnc2)nc2ccccc12. The van der Waals surface area contributed by atoms with Crippen LogP contribution in [0.1, 0.15) is 15.9 Å². The van der Waals surface area contributed by atoms with Crippen molar-refractivity contribution in [2.75, 3.05) is 0 Å². The predicted octanol–water partition coefficient (Wildman–Crippen LogP) is 4.14. The molecule has 0 aliphatic heterocycles. The van der Waals surface area contributed by atoms with Crippen molar-refractivity contribution in [2.45, 2.75) is 6.54 Å². The van der Waals surface area contributed by atoms with Gasteiger partial charge in [-0.3, -0.25) is 19.9 Å². The molecular weight excluding hydrogens is 368 g/mol. The lowest BCUT2D eigenvalue weighted by Gasteiger charge is -2.11. The van der Waals surface area contributed by atoms with E-state index >= 15 is 0 Å². The molecule has 0 fully saturated rings. The number of carbonyl (C=O) groups excluding carboxylic acids is 1. The van der Waals surface area contributed by atoms with Gasteiger partial charge in [-0.15, -0.1) is 0 Å². The maximum atomic E-state index is 13.0. The summed E-state index contributed by atoms with van der Waals surface area (Å²) in [7, 11) is 0. The Morgan fingerprint density at radius 3 is 2.62 bits per heavy atom. The van der Waals surface area contributed by atoms with Gasteiger partial charge in [-0.05, 0) is 24.3 Å². The van der Waals surface area contributed by atoms with Gasteiger partial charge < -0.3 is 5.32 Å². The van der Waals surface area contributed by atoms with Gasteiger partial charge in [0.1, 0.15) is 0 Å². The van der Waals surface area contributed by atoms with Gasteiger partial charge in [0.05, 0.1) is 21.7 Å². The van der Waals surface area contributed by atoms with Crippen LogP contribution in [-0.2, 0) is 6.54 Å². The molecule has 2 heterocycles. The minimum absolute atomic E-state index is 0.0246. The number of pyridine rings is 2. The highest BCUT2D eigenvalue weighted by Crippen LogP contribution is 2.25. The van der Waals surface area contributed by atoms with Gasteiger partial charge in [0.25, 0.3) is 11.6 Å². The second-order valence-electron chi connectivity index (χ2n) is 6.38. The van der Waals surface area contributed by atoms with Crippen LogP contribution in [0.4, 0.5) is 5.69 Å². The van der Waals surface area contributed by atoms with E-state index in [9.17, 15) is 14.9 Å². The molecule has 7 heteroatoms. The van der Waals surface area contributed by atoms with E-state index in [4.69, 9.17) is 0 Å². The number of carbonyl (C=O) groups is 1. The van der Waals surface area contributed by atoms with Gasteiger partial charge in [-0.25, -0.2) is 4.98 Å². The number of para-hydroxylation sites is 2. The van der Waals surface area contributed by atoms with Gasteiger partial charge in [0, 0.05) is 41.5 Å². The summed E-state index contributed by atoms with van der Waals surface area (Å²) in [6.07, 6.45) is 3.36. The smallest absolute Gasteiger partial charge is 0.274 e. The fraction of sp³-hybridized carbons (Fsp3) is 0.0455. The summed E-state index contributed by atoms with van der Waals surface area (Å²) in [5, 5.41) is 14.7. The van der Waals surface area contributed by atoms with Crippen molar-refractivity contribution in [1.82, 2.24) is 15.3 Å². The molecule has 2 aromatic carbocycles. The summed E-state index contributed by atoms with van der Waals surface area (Å²) in [4.78, 5) is 32.5. The number of nitro benzene ring substituents is 1. The molecule has 142 valence electrons. The van der Waals surface area contributed by atoms with Crippen molar-refractivity contribution in [3.05, 3.63) is 100 Å². The van der Waals surface area contributed by atoms with E-state index in [1.54, 1.807) is 42.7 Å². The van der Waals surface area contributed by atoms with E-state index in [1.165, 1.54) is 6.07 Å². The molecule has 0 aliphatic rings. The van der Waals surface area contributed by atoms with Crippen LogP contribution in [-0.4, -0.2) is 20.8 Å². The first-order valence-electron chi connectivity index (χ1n) is 8.94. The number of rotatable bonds is 5. The molecular formula is C22H16N4O3. The van der Waals surface area contributed by atoms with Crippen molar-refractivity contribution >= 4 is 22.5 Å². The Labute approximate surface area is 166 Å². The number of amides is 1. The first kappa shape index (κ1) is 18.2. The van der Waals surface area contributed by atoms with E-state index in [0.29, 0.717) is 27.7 Å². The molecule has 2 aromatic heterocycles. The monoisotopic (exact) mass is 384 g/mol. The molecule has 7 nitrogen and oxygen atoms in total. The lowest BCUT2D eigenvalue weighted by atomic mass is 10.0. The van der Waals surface area contributed by atoms with Crippen LogP contribution in [0.25, 0.3) is 22.2 Å². The Kier molecular flexibility index (Phi) is 4.94. The zero-order valence-electron chi connectivity index (χ0n) is 15.3. The Morgan fingerprint density at radius 2 is 1.83 bits per heavy atom. The summed E-state index contributed by atoms with van der Waals surface area (Å²) in [5.41, 5.74) is 2.98. The molecule has 4 rings (SSSR count). The first-order valence-corrected chi connectivity index (χ1v) is 8.94. The van der Waals surface area contributed by atoms with E-state index in [2.05, 4.69) is 15.3 Å². The van der Waals surface area contributed by atoms with Gasteiger partial charge in [0.2, 0.25) is 0 Å². The molecule has 0 atom stereocenters. The molecule has 0 spiro atoms. The molecule has 0 unspecified atom stereocenters. The molecule has 0 saturated heterocycles. The average molecular weight is 384 g/mol. The van der Waals surface area contributed by atoms with Crippen molar-refractivity contribution in [2.24, 2.45) is 0 Å². The number of nitro groups is 1. The minimum atomic E-state index is -0.455. The molecule has 29 heavy (non-hydrogen) atoms. The van der Waals surface area contributed by atoms with Crippen LogP contribution in [0, 0.1) is 10.1 Å². The summed E-state index contributed by atoms with van der Waals surface area (Å²) in [5.74, 6) is -0.327. The maximum Gasteiger partial charge on any atom is 0.274 e. The highest BCUT2D eigenvalue weighted by atomic mass is 16.6. The van der Waals surface area contributed by atoms with Crippen LogP contribution in [0.2, 0.25) is 0 Å². The van der Waals surface area contributed by atoms with Crippen LogP contribution in [0.15, 0.2) is 79.1 Å². The zero-order valence-corrected chi connectivity index (χ0v) is 15.3. The third-order valence-electron chi connectivity index (χ3n) is 4.55. The van der Waals surface area contributed by atoms with Gasteiger partial charge in [-0.2, -0.15) is 0 Å². The quantitative estimate of drug-likeness (QED) is 0.412. The van der Waals surface area contributed by atoms with Crippen molar-refractivity contribution in [3.63, 3.8) is 0 Å². The Hall–Kier alpha value is -4.13. The molecule has 1 N–H and O–H groups in total. The number of aromatic nitrogens is 2. The van der Waals surface area contributed by atoms with Crippen LogP contribution in [0.3, 0.4) is 0 Å². The Bertz CT molecular complexity index is 1210. The lowest BCUT2D eigenvalue weighted by molar-refractivity contribution is -0.385. The van der Waals surface area contributed by atoms with E-state index < -0.39 is 4.92 Å². The van der Waals surface area contributed by atoms with Crippen molar-refractivity contribution < 1.29 is 9.72 Å². The fourth-order valence-corrected chi connectivity index (χ4v) is 3.13. The highest BCUT2D eigenvalue weighted by Gasteiger charge is 2.16. The average Bonchev–Trinajstić information content (AvgIpc) is 2.77. The van der Waals surface area contributed by atoms with Gasteiger partial charge >= 0.3 is 0 Å². The van der Waals surface area contributed by atoms with Crippen molar-refractivity contribution in [3.8, 4) is 11.3 Å². The Balaban J connectivity index is 1.70. The number of benzene rings is 2. The lowest BCUT2D eigenvalue weighted by Crippen LogP contribution is -2.23. The number of nitrogens with one attached hydrogen (secondary N) is 1. The summed E-state index contributed by atoms with van der Waals surface area (Å²) >= 11 is 0. The predicted molar refractivity (Wildman–Crippen MR) is 109 cm³/mol. The minimum Gasteiger partial charge on any atom is -0.348 e. The fourth-order valence-electron chi connectivity index (χ4n) is 3.13. The molecule has 1 amide bonds. The largest absolute Gasteiger partial charge is 0.348 e. The normalized spacial score (nSPS) is 10.6. The summed E-state index contributed by atoms with van der Waals surface area (Å²) < 4.78 is 0. The number of nitrogens with zero attached hydrogens (tertiary/aromatic N) is 3. The van der Waals surface area contributed by atoms with Gasteiger partial charge in [0.15, 0.2) is 0 Å². The molecule has 4 aromatic rings. The standard InChI is InChI=1S/C22H16N4O3/c27-22(24-14-16-6-1-4-10-21(16)26(28)29)18-12-20(15-7-5-11-23-13-15)25-19-9-3-2-8-17(18)19/h1-13H,14H2,(H,24,27). The van der Waals surface area contributed by atoms with Crippen LogP contribution < -0.4 is 5.32 Å². The maximum absolute atomic E-state index is 13.0. The second-order valence-corrected chi connectivity index (χ2v) is 6.38. The van der Waals surface area contributed by atoms with E-state index in [-0.39, 0.29) is 18.1 Å². The number of hydrogen-bond acceptors (Lipinski definition) is 5. The van der Waals surface area contributed by atoms with Gasteiger partial charge in [-0.1, -0.05) is 36.4 Å². The third-order valence-corrected chi connectivity index (χ3v) is 4.55. The molecule has 0 saturated carbocycles. The van der Waals surface area contributed by atoms with E-state index in [0.717, 1.165) is 5.56 Å². The second kappa shape index (κ2) is 7.85. The highest BCUT2D eigenvalue weighted by molar-refractivity contribution is 6.07. The van der Waals surface area contributed by atoms with Crippen LogP contribution >= 0.6 is 0 Å². The first-order chi connectivity index (χ1) is 14.1. The number of hydrogen-bond donors (Lipinski definition) is 1. The third kappa shape index (κ3) is 3.79.